The largest absolute Gasteiger partial charge is 0.444 e. The van der Waals surface area contributed by atoms with Gasteiger partial charge in [-0.1, -0.05) is 74.5 Å². The standard InChI is InChI=1S/C37H51N7O3S2/c1-27(2)35-41-33(25-48-35)23-44(4)36(45)42-32(17-18-38-3)21-40-30(19-28-11-7-5-8-12-28)15-16-31(20-29-13-9-6-10-14-29)43-37(46)47-24-34-22-39-26-49-34/h5-14,22,25-27,30-32,38,40H,15-21,23-24H2,1-4H3,(H,42,45)(H,43,46). The molecule has 2 heterocycles. The maximum atomic E-state index is 13.3. The summed E-state index contributed by atoms with van der Waals surface area (Å²) in [5, 5.41) is 16.5. The van der Waals surface area contributed by atoms with Crippen molar-refractivity contribution in [1.29, 1.82) is 0 Å². The fourth-order valence-electron chi connectivity index (χ4n) is 5.47. The van der Waals surface area contributed by atoms with Crippen LogP contribution in [0.4, 0.5) is 9.59 Å². The van der Waals surface area contributed by atoms with E-state index in [0.717, 1.165) is 53.4 Å². The Morgan fingerprint density at radius 3 is 2.16 bits per heavy atom. The molecule has 0 saturated heterocycles. The lowest BCUT2D eigenvalue weighted by Crippen LogP contribution is -2.50. The SMILES string of the molecule is CNCCC(CNC(CCC(Cc1ccccc1)NC(=O)OCc1cncs1)Cc1ccccc1)NC(=O)N(C)Cc1csc(C(C)C)n1. The Kier molecular flexibility index (Phi) is 16.0. The number of carbonyl (C=O) groups excluding carboxylic acids is 2. The first kappa shape index (κ1) is 38.0. The van der Waals surface area contributed by atoms with Crippen LogP contribution >= 0.6 is 22.7 Å². The van der Waals surface area contributed by atoms with Crippen LogP contribution < -0.4 is 21.3 Å². The van der Waals surface area contributed by atoms with Crippen LogP contribution in [0.2, 0.25) is 0 Å². The minimum absolute atomic E-state index is 0.0812. The molecular formula is C37H51N7O3S2. The fourth-order valence-corrected chi connectivity index (χ4v) is 6.80. The average Bonchev–Trinajstić information content (AvgIpc) is 3.81. The van der Waals surface area contributed by atoms with Gasteiger partial charge in [-0.3, -0.25) is 4.98 Å². The van der Waals surface area contributed by atoms with Gasteiger partial charge in [-0.15, -0.1) is 22.7 Å². The Balaban J connectivity index is 1.39. The van der Waals surface area contributed by atoms with Crippen LogP contribution in [0.1, 0.15) is 65.7 Å². The number of ether oxygens (including phenoxy) is 1. The molecule has 3 unspecified atom stereocenters. The third-order valence-corrected chi connectivity index (χ3v) is 10.1. The Hall–Kier alpha value is -3.84. The van der Waals surface area contributed by atoms with Crippen molar-refractivity contribution < 1.29 is 14.3 Å². The van der Waals surface area contributed by atoms with Crippen molar-refractivity contribution in [2.24, 2.45) is 0 Å². The summed E-state index contributed by atoms with van der Waals surface area (Å²) >= 11 is 3.10. The predicted molar refractivity (Wildman–Crippen MR) is 199 cm³/mol. The van der Waals surface area contributed by atoms with Crippen molar-refractivity contribution >= 4 is 34.8 Å². The van der Waals surface area contributed by atoms with Crippen LogP contribution in [0.25, 0.3) is 0 Å². The highest BCUT2D eigenvalue weighted by Crippen LogP contribution is 2.20. The van der Waals surface area contributed by atoms with Crippen LogP contribution in [-0.4, -0.2) is 72.3 Å². The topological polar surface area (TPSA) is 121 Å². The number of benzene rings is 2. The zero-order valence-corrected chi connectivity index (χ0v) is 30.7. The van der Waals surface area contributed by atoms with Gasteiger partial charge in [-0.2, -0.15) is 0 Å². The van der Waals surface area contributed by atoms with Gasteiger partial charge < -0.3 is 30.9 Å². The quantitative estimate of drug-likeness (QED) is 0.0845. The van der Waals surface area contributed by atoms with Crippen LogP contribution in [-0.2, 0) is 30.7 Å². The summed E-state index contributed by atoms with van der Waals surface area (Å²) in [7, 11) is 3.74. The molecule has 4 N–H and O–H groups in total. The number of aromatic nitrogens is 2. The second-order valence-corrected chi connectivity index (χ2v) is 14.5. The molecule has 2 aromatic carbocycles. The number of carbonyl (C=O) groups is 2. The first-order valence-corrected chi connectivity index (χ1v) is 18.8. The maximum absolute atomic E-state index is 13.3. The lowest BCUT2D eigenvalue weighted by Gasteiger charge is -2.27. The van der Waals surface area contributed by atoms with Gasteiger partial charge in [0.05, 0.1) is 27.6 Å². The van der Waals surface area contributed by atoms with Gasteiger partial charge in [0, 0.05) is 49.2 Å². The second-order valence-electron chi connectivity index (χ2n) is 12.7. The molecule has 49 heavy (non-hydrogen) atoms. The highest BCUT2D eigenvalue weighted by atomic mass is 32.1. The molecule has 0 bridgehead atoms. The van der Waals surface area contributed by atoms with Crippen molar-refractivity contribution in [2.75, 3.05) is 27.2 Å². The highest BCUT2D eigenvalue weighted by Gasteiger charge is 2.21. The van der Waals surface area contributed by atoms with Crippen molar-refractivity contribution in [1.82, 2.24) is 36.1 Å². The van der Waals surface area contributed by atoms with Crippen LogP contribution in [0.3, 0.4) is 0 Å². The second kappa shape index (κ2) is 20.6. The summed E-state index contributed by atoms with van der Waals surface area (Å²) in [6.07, 6.45) is 5.14. The third kappa shape index (κ3) is 13.9. The van der Waals surface area contributed by atoms with E-state index < -0.39 is 6.09 Å². The molecule has 0 spiro atoms. The number of rotatable bonds is 20. The number of amides is 3. The van der Waals surface area contributed by atoms with Gasteiger partial charge in [-0.25, -0.2) is 14.6 Å². The minimum Gasteiger partial charge on any atom is -0.444 e. The molecule has 264 valence electrons. The molecule has 0 aliphatic carbocycles. The van der Waals surface area contributed by atoms with Crippen LogP contribution in [0.5, 0.6) is 0 Å². The van der Waals surface area contributed by atoms with E-state index in [1.807, 2.05) is 43.7 Å². The van der Waals surface area contributed by atoms with Gasteiger partial charge in [0.15, 0.2) is 0 Å². The molecule has 10 nitrogen and oxygen atoms in total. The van der Waals surface area contributed by atoms with Crippen LogP contribution in [0, 0.1) is 0 Å². The molecule has 4 aromatic rings. The summed E-state index contributed by atoms with van der Waals surface area (Å²) < 4.78 is 5.53. The molecule has 0 aliphatic heterocycles. The van der Waals surface area contributed by atoms with Crippen molar-refractivity contribution in [3.8, 4) is 0 Å². The third-order valence-electron chi connectivity index (χ3n) is 8.20. The zero-order valence-electron chi connectivity index (χ0n) is 29.1. The Morgan fingerprint density at radius 1 is 0.878 bits per heavy atom. The molecule has 0 saturated carbocycles. The number of thiazole rings is 2. The van der Waals surface area contributed by atoms with E-state index >= 15 is 0 Å². The van der Waals surface area contributed by atoms with Crippen molar-refractivity contribution in [3.63, 3.8) is 0 Å². The molecule has 3 amide bonds. The summed E-state index contributed by atoms with van der Waals surface area (Å²) in [6.45, 7) is 6.30. The molecule has 0 aliphatic rings. The molecule has 0 radical (unpaired) electrons. The van der Waals surface area contributed by atoms with Crippen molar-refractivity contribution in [3.05, 3.63) is 104 Å². The first-order chi connectivity index (χ1) is 23.8. The smallest absolute Gasteiger partial charge is 0.407 e. The molecule has 4 rings (SSSR count). The fraction of sp³-hybridized carbons (Fsp3) is 0.459. The van der Waals surface area contributed by atoms with E-state index in [1.165, 1.54) is 16.9 Å². The molecule has 0 fully saturated rings. The van der Waals surface area contributed by atoms with Gasteiger partial charge in [-0.05, 0) is 56.8 Å². The van der Waals surface area contributed by atoms with Gasteiger partial charge >= 0.3 is 12.1 Å². The van der Waals surface area contributed by atoms with Crippen LogP contribution in [0.15, 0.2) is 77.8 Å². The van der Waals surface area contributed by atoms with Gasteiger partial charge in [0.1, 0.15) is 6.61 Å². The summed E-state index contributed by atoms with van der Waals surface area (Å²) in [4.78, 5) is 37.5. The molecule has 3 atom stereocenters. The van der Waals surface area contributed by atoms with E-state index in [2.05, 4.69) is 76.5 Å². The van der Waals surface area contributed by atoms with Gasteiger partial charge in [0.25, 0.3) is 0 Å². The number of alkyl carbamates (subject to hydrolysis) is 1. The summed E-state index contributed by atoms with van der Waals surface area (Å²) in [5.41, 5.74) is 5.02. The first-order valence-electron chi connectivity index (χ1n) is 17.0. The van der Waals surface area contributed by atoms with E-state index in [9.17, 15) is 9.59 Å². The summed E-state index contributed by atoms with van der Waals surface area (Å²) in [5.74, 6) is 0.367. The number of hydrogen-bond donors (Lipinski definition) is 4. The lowest BCUT2D eigenvalue weighted by molar-refractivity contribution is 0.135. The Morgan fingerprint density at radius 2 is 1.55 bits per heavy atom. The monoisotopic (exact) mass is 705 g/mol. The summed E-state index contributed by atoms with van der Waals surface area (Å²) in [6, 6.07) is 20.4. The number of hydrogen-bond acceptors (Lipinski definition) is 9. The van der Waals surface area contributed by atoms with E-state index in [4.69, 9.17) is 9.72 Å². The Bertz CT molecular complexity index is 1500. The van der Waals surface area contributed by atoms with E-state index in [-0.39, 0.29) is 30.8 Å². The highest BCUT2D eigenvalue weighted by molar-refractivity contribution is 7.09. The predicted octanol–water partition coefficient (Wildman–Crippen LogP) is 6.36. The molecule has 2 aromatic heterocycles. The van der Waals surface area contributed by atoms with E-state index in [1.54, 1.807) is 27.9 Å². The zero-order chi connectivity index (χ0) is 34.8. The number of nitrogens with zero attached hydrogens (tertiary/aromatic N) is 3. The average molecular weight is 706 g/mol. The van der Waals surface area contributed by atoms with Crippen molar-refractivity contribution in [2.45, 2.75) is 83.1 Å². The lowest BCUT2D eigenvalue weighted by atomic mass is 9.96. The molecule has 12 heteroatoms. The molecular weight excluding hydrogens is 655 g/mol. The van der Waals surface area contributed by atoms with Gasteiger partial charge in [0.2, 0.25) is 0 Å². The normalized spacial score (nSPS) is 13.1. The number of urea groups is 1. The Labute approximate surface area is 299 Å². The maximum Gasteiger partial charge on any atom is 0.407 e. The minimum atomic E-state index is -0.432. The number of nitrogens with one attached hydrogen (secondary N) is 4. The van der Waals surface area contributed by atoms with E-state index in [0.29, 0.717) is 25.4 Å².